The molecule has 0 bridgehead atoms. The fraction of sp³-hybridized carbons (Fsp3) is 0. The molecule has 0 saturated carbocycles. The number of fused-ring (bicyclic) bond motifs is 16. The minimum Gasteiger partial charge on any atom is -0.456 e. The number of thiophene rings is 1. The van der Waals surface area contributed by atoms with Gasteiger partial charge in [-0.15, -0.1) is 11.3 Å². The van der Waals surface area contributed by atoms with Crippen LogP contribution >= 0.6 is 11.3 Å². The standard InChI is InChI=1S/C59H35N3OS.C57H35N3O/c1-3-15-36(16-4-1)37-29-31-38(32-30-37)57-47-34-52-56(46-23-8-11-27-51(46)63-52)54(55(47)44-22-7-10-26-48(44)60-57)41-20-13-19-40(33-41)49-35-50(62-59(61-49)39-17-5-2-6-18-39)45-25-14-24-43-42-21-9-12-28-53(42)64-58(43)45;1-3-14-36(15-4-1)38-26-29-39(30-27-38)56-47-34-52-55(46-23-10-12-25-51(46)61-52)53(54(47)45-22-9-11-24-48(45)58-56)44-21-13-20-42(33-44)49-35-50(60-57(59-49)40-17-5-2-6-18-40)43-31-28-37-16-7-8-19-41(37)32-43/h1-35H;1-35H. The van der Waals surface area contributed by atoms with Crippen molar-refractivity contribution in [3.05, 3.63) is 425 Å². The molecule has 0 atom stereocenters. The quantitative estimate of drug-likeness (QED) is 0.111. The van der Waals surface area contributed by atoms with Gasteiger partial charge in [0, 0.05) is 130 Å². The Balaban J connectivity index is 0.000000140. The molecule has 0 aliphatic carbocycles. The number of furan rings is 2. The van der Waals surface area contributed by atoms with Crippen LogP contribution in [0.5, 0.6) is 0 Å². The minimum atomic E-state index is 0.681. The van der Waals surface area contributed by atoms with Crippen molar-refractivity contribution in [3.63, 3.8) is 0 Å². The maximum absolute atomic E-state index is 6.76. The molecular formula is C116H70N6O2S. The van der Waals surface area contributed by atoms with Crippen molar-refractivity contribution in [2.75, 3.05) is 0 Å². The summed E-state index contributed by atoms with van der Waals surface area (Å²) >= 11 is 1.82. The first-order chi connectivity index (χ1) is 61.9. The molecule has 8 nitrogen and oxygen atoms in total. The average molecular weight is 1610 g/mol. The van der Waals surface area contributed by atoms with Crippen LogP contribution in [0.4, 0.5) is 0 Å². The van der Waals surface area contributed by atoms with Gasteiger partial charge >= 0.3 is 0 Å². The summed E-state index contributed by atoms with van der Waals surface area (Å²) in [5.41, 5.74) is 27.6. The number of hydrogen-bond acceptors (Lipinski definition) is 9. The van der Waals surface area contributed by atoms with Crippen LogP contribution in [0.15, 0.2) is 433 Å². The molecule has 0 fully saturated rings. The van der Waals surface area contributed by atoms with Gasteiger partial charge in [-0.1, -0.05) is 352 Å². The number of pyridine rings is 2. The zero-order valence-electron chi connectivity index (χ0n) is 67.3. The predicted octanol–water partition coefficient (Wildman–Crippen LogP) is 31.7. The Morgan fingerprint density at radius 3 is 1.06 bits per heavy atom. The molecule has 0 saturated heterocycles. The van der Waals surface area contributed by atoms with Crippen LogP contribution in [0, 0.1) is 0 Å². The maximum Gasteiger partial charge on any atom is 0.160 e. The number of hydrogen-bond donors (Lipinski definition) is 0. The van der Waals surface area contributed by atoms with Gasteiger partial charge in [0.1, 0.15) is 22.3 Å². The summed E-state index contributed by atoms with van der Waals surface area (Å²) in [6.07, 6.45) is 0. The third-order valence-corrected chi connectivity index (χ3v) is 25.5. The van der Waals surface area contributed by atoms with E-state index in [9.17, 15) is 0 Å². The lowest BCUT2D eigenvalue weighted by Crippen LogP contribution is -1.96. The summed E-state index contributed by atoms with van der Waals surface area (Å²) in [4.78, 5) is 31.8. The van der Waals surface area contributed by atoms with Gasteiger partial charge in [0.15, 0.2) is 11.6 Å². The molecule has 7 aromatic heterocycles. The molecule has 0 unspecified atom stereocenters. The second-order valence-corrected chi connectivity index (χ2v) is 32.8. The Morgan fingerprint density at radius 2 is 0.552 bits per heavy atom. The van der Waals surface area contributed by atoms with Crippen molar-refractivity contribution in [2.24, 2.45) is 0 Å². The number of nitrogens with zero attached hydrogens (tertiary/aromatic N) is 6. The van der Waals surface area contributed by atoms with E-state index in [1.807, 2.05) is 65.9 Å². The average Bonchev–Trinajstić information content (AvgIpc) is 1.65. The summed E-state index contributed by atoms with van der Waals surface area (Å²) < 4.78 is 16.0. The molecule has 0 amide bonds. The van der Waals surface area contributed by atoms with Gasteiger partial charge in [-0.05, 0) is 117 Å². The minimum absolute atomic E-state index is 0.681. The lowest BCUT2D eigenvalue weighted by molar-refractivity contribution is 0.669. The third kappa shape index (κ3) is 12.9. The highest BCUT2D eigenvalue weighted by Crippen LogP contribution is 2.51. The Hall–Kier alpha value is -16.5. The van der Waals surface area contributed by atoms with E-state index in [0.29, 0.717) is 11.6 Å². The number of benzene rings is 18. The molecular weight excluding hydrogens is 1540 g/mol. The molecule has 18 aromatic carbocycles. The van der Waals surface area contributed by atoms with Gasteiger partial charge in [0.05, 0.1) is 45.2 Å². The normalized spacial score (nSPS) is 11.7. The van der Waals surface area contributed by atoms with Crippen molar-refractivity contribution in [1.29, 1.82) is 0 Å². The summed E-state index contributed by atoms with van der Waals surface area (Å²) in [6.45, 7) is 0. The van der Waals surface area contributed by atoms with Crippen LogP contribution in [0.1, 0.15) is 0 Å². The van der Waals surface area contributed by atoms with E-state index in [1.54, 1.807) is 0 Å². The van der Waals surface area contributed by atoms with Crippen molar-refractivity contribution in [1.82, 2.24) is 29.9 Å². The predicted molar refractivity (Wildman–Crippen MR) is 520 cm³/mol. The highest BCUT2D eigenvalue weighted by molar-refractivity contribution is 7.26. The SMILES string of the molecule is c1ccc(-c2ccc(-c3nc4ccccc4c4c(-c5cccc(-c6cc(-c7ccc8ccccc8c7)nc(-c7ccccc7)n6)c5)c5c(cc34)oc3ccccc35)cc2)cc1.c1ccc(-c2ccc(-c3nc4ccccc4c4c(-c5cccc(-c6cc(-c7cccc8c7sc7ccccc78)nc(-c7ccccc7)n6)c5)c5c(cc34)oc3ccccc35)cc2)cc1. The van der Waals surface area contributed by atoms with Gasteiger partial charge < -0.3 is 8.83 Å². The van der Waals surface area contributed by atoms with Crippen LogP contribution in [-0.2, 0) is 0 Å². The smallest absolute Gasteiger partial charge is 0.160 e. The van der Waals surface area contributed by atoms with Gasteiger partial charge in [-0.2, -0.15) is 0 Å². The van der Waals surface area contributed by atoms with E-state index in [0.717, 1.165) is 199 Å². The summed E-state index contributed by atoms with van der Waals surface area (Å²) in [5, 5.41) is 15.7. The molecule has 582 valence electrons. The van der Waals surface area contributed by atoms with E-state index in [2.05, 4.69) is 370 Å². The zero-order valence-corrected chi connectivity index (χ0v) is 68.1. The van der Waals surface area contributed by atoms with Gasteiger partial charge in [-0.25, -0.2) is 29.9 Å². The van der Waals surface area contributed by atoms with Crippen molar-refractivity contribution in [2.45, 2.75) is 0 Å². The van der Waals surface area contributed by atoms with Gasteiger partial charge in [0.25, 0.3) is 0 Å². The Morgan fingerprint density at radius 1 is 0.192 bits per heavy atom. The molecule has 9 heteroatoms. The second kappa shape index (κ2) is 30.4. The van der Waals surface area contributed by atoms with E-state index in [4.69, 9.17) is 38.7 Å². The van der Waals surface area contributed by atoms with E-state index >= 15 is 0 Å². The molecule has 0 aliphatic heterocycles. The van der Waals surface area contributed by atoms with Crippen molar-refractivity contribution >= 4 is 130 Å². The number of aromatic nitrogens is 6. The highest BCUT2D eigenvalue weighted by atomic mass is 32.1. The molecule has 125 heavy (non-hydrogen) atoms. The van der Waals surface area contributed by atoms with E-state index < -0.39 is 0 Å². The van der Waals surface area contributed by atoms with Crippen LogP contribution < -0.4 is 0 Å². The van der Waals surface area contributed by atoms with E-state index in [-0.39, 0.29) is 0 Å². The van der Waals surface area contributed by atoms with Crippen LogP contribution in [0.25, 0.3) is 253 Å². The molecule has 0 aliphatic rings. The van der Waals surface area contributed by atoms with Crippen LogP contribution in [0.3, 0.4) is 0 Å². The van der Waals surface area contributed by atoms with E-state index in [1.165, 1.54) is 42.1 Å². The molecule has 7 heterocycles. The topological polar surface area (TPSA) is 104 Å². The fourth-order valence-corrected chi connectivity index (χ4v) is 19.7. The van der Waals surface area contributed by atoms with Crippen LogP contribution in [0.2, 0.25) is 0 Å². The second-order valence-electron chi connectivity index (χ2n) is 31.8. The maximum atomic E-state index is 6.76. The summed E-state index contributed by atoms with van der Waals surface area (Å²) in [6, 6.07) is 149. The summed E-state index contributed by atoms with van der Waals surface area (Å²) in [7, 11) is 0. The van der Waals surface area contributed by atoms with Gasteiger partial charge in [0.2, 0.25) is 0 Å². The Labute approximate surface area is 722 Å². The zero-order chi connectivity index (χ0) is 82.4. The lowest BCUT2D eigenvalue weighted by atomic mass is 9.88. The number of rotatable bonds is 12. The highest BCUT2D eigenvalue weighted by Gasteiger charge is 2.27. The largest absolute Gasteiger partial charge is 0.456 e. The van der Waals surface area contributed by atoms with Gasteiger partial charge in [-0.3, -0.25) is 0 Å². The van der Waals surface area contributed by atoms with Crippen molar-refractivity contribution in [3.8, 4) is 135 Å². The molecule has 0 radical (unpaired) electrons. The molecule has 25 rings (SSSR count). The number of para-hydroxylation sites is 4. The lowest BCUT2D eigenvalue weighted by Gasteiger charge is -2.16. The molecule has 0 N–H and O–H groups in total. The van der Waals surface area contributed by atoms with Crippen LogP contribution in [-0.4, -0.2) is 29.9 Å². The first kappa shape index (κ1) is 72.5. The Kier molecular flexibility index (Phi) is 17.6. The third-order valence-electron chi connectivity index (χ3n) is 24.3. The monoisotopic (exact) mass is 1610 g/mol. The molecule has 0 spiro atoms. The molecule has 25 aromatic rings. The Bertz CT molecular complexity index is 8580. The first-order valence-corrected chi connectivity index (χ1v) is 42.9. The first-order valence-electron chi connectivity index (χ1n) is 42.1. The summed E-state index contributed by atoms with van der Waals surface area (Å²) in [5.74, 6) is 1.37. The van der Waals surface area contributed by atoms with Crippen molar-refractivity contribution < 1.29 is 8.83 Å². The fourth-order valence-electron chi connectivity index (χ4n) is 18.4.